The van der Waals surface area contributed by atoms with E-state index in [9.17, 15) is 9.90 Å². The molecule has 2 aromatic carbocycles. The highest BCUT2D eigenvalue weighted by molar-refractivity contribution is 7.99. The van der Waals surface area contributed by atoms with Crippen LogP contribution < -0.4 is 0 Å². The lowest BCUT2D eigenvalue weighted by Crippen LogP contribution is -2.45. The molecule has 0 aromatic heterocycles. The Balaban J connectivity index is 1.60. The molecule has 1 heterocycles. The van der Waals surface area contributed by atoms with Crippen LogP contribution in [0.25, 0.3) is 0 Å². The van der Waals surface area contributed by atoms with Crippen LogP contribution in [0.1, 0.15) is 56.7 Å². The Hall–Kier alpha value is -2.10. The Morgan fingerprint density at radius 3 is 2.37 bits per heavy atom. The lowest BCUT2D eigenvalue weighted by molar-refractivity contribution is -0.149. The van der Waals surface area contributed by atoms with Crippen molar-refractivity contribution in [3.05, 3.63) is 65.2 Å². The summed E-state index contributed by atoms with van der Waals surface area (Å²) in [5.74, 6) is 1.25. The molecule has 1 aliphatic rings. The molecule has 0 spiro atoms. The van der Waals surface area contributed by atoms with Gasteiger partial charge in [-0.05, 0) is 68.8 Å². The van der Waals surface area contributed by atoms with E-state index < -0.39 is 6.29 Å². The molecule has 0 aliphatic carbocycles. The van der Waals surface area contributed by atoms with Crippen LogP contribution in [0.15, 0.2) is 48.5 Å². The molecule has 1 fully saturated rings. The maximum absolute atomic E-state index is 13.2. The van der Waals surface area contributed by atoms with Crippen LogP contribution in [0.5, 0.6) is 5.75 Å². The van der Waals surface area contributed by atoms with E-state index in [1.807, 2.05) is 34.9 Å². The number of nitrogens with zero attached hydrogens (tertiary/aromatic N) is 2. The summed E-state index contributed by atoms with van der Waals surface area (Å²) in [6.45, 7) is 9.62. The van der Waals surface area contributed by atoms with Crippen molar-refractivity contribution in [2.45, 2.75) is 69.5 Å². The predicted molar refractivity (Wildman–Crippen MR) is 168 cm³/mol. The molecule has 0 saturated carbocycles. The SMILES string of the molecule is COC(CN(C(=O)CCOCCc1ccc(O)c(C2(c3ccccc3)CCN(C)CC2)c1)C(C)CSC(C)C)OC. The van der Waals surface area contributed by atoms with Gasteiger partial charge >= 0.3 is 0 Å². The van der Waals surface area contributed by atoms with E-state index >= 15 is 0 Å². The van der Waals surface area contributed by atoms with E-state index in [0.29, 0.717) is 43.6 Å². The number of aromatic hydroxyl groups is 1. The number of benzene rings is 2. The average Bonchev–Trinajstić information content (AvgIpc) is 2.98. The minimum Gasteiger partial charge on any atom is -0.508 e. The molecule has 41 heavy (non-hydrogen) atoms. The number of rotatable bonds is 16. The van der Waals surface area contributed by atoms with Crippen LogP contribution in [0.2, 0.25) is 0 Å². The van der Waals surface area contributed by atoms with Crippen molar-refractivity contribution in [3.8, 4) is 5.75 Å². The summed E-state index contributed by atoms with van der Waals surface area (Å²) in [5.41, 5.74) is 3.17. The number of hydrogen-bond donors (Lipinski definition) is 1. The number of amides is 1. The molecule has 1 unspecified atom stereocenters. The molecule has 1 amide bonds. The number of methoxy groups -OCH3 is 2. The molecule has 1 atom stereocenters. The van der Waals surface area contributed by atoms with Gasteiger partial charge in [-0.1, -0.05) is 56.3 Å². The summed E-state index contributed by atoms with van der Waals surface area (Å²) >= 11 is 1.84. The molecule has 2 aromatic rings. The molecule has 0 bridgehead atoms. The zero-order valence-corrected chi connectivity index (χ0v) is 26.6. The second-order valence-corrected chi connectivity index (χ2v) is 13.0. The number of ether oxygens (including phenoxy) is 3. The highest BCUT2D eigenvalue weighted by atomic mass is 32.2. The zero-order valence-electron chi connectivity index (χ0n) is 25.8. The fourth-order valence-electron chi connectivity index (χ4n) is 5.54. The number of carbonyl (C=O) groups excluding carboxylic acids is 1. The summed E-state index contributed by atoms with van der Waals surface area (Å²) in [5, 5.41) is 11.5. The first-order valence-corrected chi connectivity index (χ1v) is 15.9. The van der Waals surface area contributed by atoms with Crippen molar-refractivity contribution in [2.75, 3.05) is 59.9 Å². The van der Waals surface area contributed by atoms with Crippen LogP contribution in [0.4, 0.5) is 0 Å². The highest BCUT2D eigenvalue weighted by Gasteiger charge is 2.39. The van der Waals surface area contributed by atoms with Gasteiger partial charge in [0.25, 0.3) is 0 Å². The highest BCUT2D eigenvalue weighted by Crippen LogP contribution is 2.45. The smallest absolute Gasteiger partial charge is 0.225 e. The van der Waals surface area contributed by atoms with Gasteiger partial charge in [-0.2, -0.15) is 11.8 Å². The summed E-state index contributed by atoms with van der Waals surface area (Å²) in [6, 6.07) is 16.6. The fraction of sp³-hybridized carbons (Fsp3) is 0.606. The minimum absolute atomic E-state index is 0.0416. The predicted octanol–water partition coefficient (Wildman–Crippen LogP) is 5.33. The lowest BCUT2D eigenvalue weighted by Gasteiger charge is -2.42. The van der Waals surface area contributed by atoms with Crippen LogP contribution >= 0.6 is 11.8 Å². The van der Waals surface area contributed by atoms with Gasteiger partial charge in [0.1, 0.15) is 5.75 Å². The van der Waals surface area contributed by atoms with E-state index in [4.69, 9.17) is 14.2 Å². The van der Waals surface area contributed by atoms with Gasteiger partial charge in [0.2, 0.25) is 5.91 Å². The third-order valence-electron chi connectivity index (χ3n) is 8.13. The summed E-state index contributed by atoms with van der Waals surface area (Å²) in [6.07, 6.45) is 2.48. The van der Waals surface area contributed by atoms with Crippen molar-refractivity contribution in [3.63, 3.8) is 0 Å². The van der Waals surface area contributed by atoms with E-state index in [1.165, 1.54) is 5.56 Å². The molecule has 1 saturated heterocycles. The Labute approximate surface area is 251 Å². The van der Waals surface area contributed by atoms with Crippen LogP contribution in [-0.4, -0.2) is 98.3 Å². The van der Waals surface area contributed by atoms with Gasteiger partial charge in [-0.15, -0.1) is 0 Å². The van der Waals surface area contributed by atoms with Crippen LogP contribution in [0, 0.1) is 0 Å². The molecular formula is C33H50N2O5S. The van der Waals surface area contributed by atoms with E-state index in [1.54, 1.807) is 14.2 Å². The Morgan fingerprint density at radius 2 is 1.73 bits per heavy atom. The van der Waals surface area contributed by atoms with E-state index in [2.05, 4.69) is 63.1 Å². The fourth-order valence-corrected chi connectivity index (χ4v) is 6.39. The minimum atomic E-state index is -0.459. The summed E-state index contributed by atoms with van der Waals surface area (Å²) in [4.78, 5) is 17.4. The normalized spacial score (nSPS) is 16.3. The van der Waals surface area contributed by atoms with Gasteiger partial charge in [-0.25, -0.2) is 0 Å². The third kappa shape index (κ3) is 9.45. The Bertz CT molecular complexity index is 1050. The first kappa shape index (κ1) is 33.4. The molecule has 228 valence electrons. The number of piperidine rings is 1. The number of phenols is 1. The van der Waals surface area contributed by atoms with Crippen molar-refractivity contribution >= 4 is 17.7 Å². The maximum Gasteiger partial charge on any atom is 0.225 e. The molecule has 1 aliphatic heterocycles. The van der Waals surface area contributed by atoms with Crippen molar-refractivity contribution < 1.29 is 24.1 Å². The van der Waals surface area contributed by atoms with Gasteiger partial charge in [0.15, 0.2) is 6.29 Å². The maximum atomic E-state index is 13.2. The molecule has 0 radical (unpaired) electrons. The topological polar surface area (TPSA) is 71.5 Å². The first-order chi connectivity index (χ1) is 19.7. The monoisotopic (exact) mass is 586 g/mol. The quantitative estimate of drug-likeness (QED) is 0.211. The van der Waals surface area contributed by atoms with E-state index in [-0.39, 0.29) is 17.4 Å². The summed E-state index contributed by atoms with van der Waals surface area (Å²) in [7, 11) is 5.35. The van der Waals surface area contributed by atoms with Crippen LogP contribution in [-0.2, 0) is 30.8 Å². The van der Waals surface area contributed by atoms with Gasteiger partial charge in [0, 0.05) is 37.0 Å². The van der Waals surface area contributed by atoms with Gasteiger partial charge in [0.05, 0.1) is 26.2 Å². The Morgan fingerprint density at radius 1 is 1.05 bits per heavy atom. The number of thioether (sulfide) groups is 1. The second kappa shape index (κ2) is 16.5. The average molecular weight is 587 g/mol. The zero-order chi connectivity index (χ0) is 29.8. The third-order valence-corrected chi connectivity index (χ3v) is 9.48. The van der Waals surface area contributed by atoms with Crippen LogP contribution in [0.3, 0.4) is 0 Å². The van der Waals surface area contributed by atoms with Crippen molar-refractivity contribution in [1.29, 1.82) is 0 Å². The molecule has 8 heteroatoms. The first-order valence-electron chi connectivity index (χ1n) is 14.8. The standard InChI is InChI=1S/C33H50N2O5S/c1-25(2)41-24-26(3)35(23-32(38-5)39-6)31(37)15-21-40-20-14-27-12-13-30(36)29(22-27)33(16-18-34(4)19-17-33)28-10-8-7-9-11-28/h7-13,22,25-26,32,36H,14-21,23-24H2,1-6H3. The van der Waals surface area contributed by atoms with E-state index in [0.717, 1.165) is 42.8 Å². The molecule has 1 N–H and O–H groups in total. The number of phenolic OH excluding ortho intramolecular Hbond substituents is 1. The lowest BCUT2D eigenvalue weighted by atomic mass is 9.67. The number of likely N-dealkylation sites (tertiary alicyclic amines) is 1. The van der Waals surface area contributed by atoms with Crippen molar-refractivity contribution in [2.24, 2.45) is 0 Å². The largest absolute Gasteiger partial charge is 0.508 e. The van der Waals surface area contributed by atoms with Gasteiger partial charge in [-0.3, -0.25) is 4.79 Å². The molecular weight excluding hydrogens is 536 g/mol. The summed E-state index contributed by atoms with van der Waals surface area (Å²) < 4.78 is 16.7. The Kier molecular flexibility index (Phi) is 13.5. The van der Waals surface area contributed by atoms with Gasteiger partial charge < -0.3 is 29.1 Å². The molecule has 3 rings (SSSR count). The number of hydrogen-bond acceptors (Lipinski definition) is 7. The molecule has 7 nitrogen and oxygen atoms in total. The second-order valence-electron chi connectivity index (χ2n) is 11.4. The van der Waals surface area contributed by atoms with Crippen molar-refractivity contribution in [1.82, 2.24) is 9.80 Å². The number of carbonyl (C=O) groups is 1.